The van der Waals surface area contributed by atoms with Gasteiger partial charge in [0.05, 0.1) is 11.1 Å². The van der Waals surface area contributed by atoms with Gasteiger partial charge in [-0.05, 0) is 30.9 Å². The number of nitrogens with two attached hydrogens (primary N) is 1. The number of benzene rings is 2. The zero-order valence-electron chi connectivity index (χ0n) is 16.8. The number of hydrogen-bond donors (Lipinski definition) is 1. The molecule has 0 bridgehead atoms. The molecule has 2 heterocycles. The first-order chi connectivity index (χ1) is 14.6. The van der Waals surface area contributed by atoms with Crippen molar-refractivity contribution in [3.8, 4) is 11.8 Å². The second kappa shape index (κ2) is 8.30. The van der Waals surface area contributed by atoms with Crippen molar-refractivity contribution in [2.45, 2.75) is 32.2 Å². The van der Waals surface area contributed by atoms with Crippen molar-refractivity contribution in [3.63, 3.8) is 0 Å². The molecule has 0 amide bonds. The average molecular weight is 397 g/mol. The SMILES string of the molecule is Cc1cc2c(c(=O)n1CCc1ccccc1)C(Cc1ccccc1)C(C#N)=C(N)O2. The third-order valence-electron chi connectivity index (χ3n) is 5.56. The van der Waals surface area contributed by atoms with Crippen LogP contribution in [0.5, 0.6) is 5.75 Å². The van der Waals surface area contributed by atoms with Gasteiger partial charge in [0.25, 0.3) is 5.56 Å². The largest absolute Gasteiger partial charge is 0.440 e. The van der Waals surface area contributed by atoms with Gasteiger partial charge in [0, 0.05) is 24.2 Å². The number of nitriles is 1. The number of aromatic nitrogens is 1. The summed E-state index contributed by atoms with van der Waals surface area (Å²) in [6.45, 7) is 2.45. The molecule has 0 aliphatic carbocycles. The molecule has 5 nitrogen and oxygen atoms in total. The first-order valence-electron chi connectivity index (χ1n) is 9.98. The Morgan fingerprint density at radius 3 is 2.33 bits per heavy atom. The second-order valence-corrected chi connectivity index (χ2v) is 7.49. The molecule has 1 unspecified atom stereocenters. The van der Waals surface area contributed by atoms with E-state index in [0.717, 1.165) is 17.7 Å². The van der Waals surface area contributed by atoms with E-state index in [-0.39, 0.29) is 11.4 Å². The Labute approximate surface area is 175 Å². The molecular formula is C25H23N3O2. The third-order valence-corrected chi connectivity index (χ3v) is 5.56. The number of ether oxygens (including phenoxy) is 1. The number of fused-ring (bicyclic) bond motifs is 1. The van der Waals surface area contributed by atoms with Crippen LogP contribution < -0.4 is 16.0 Å². The fourth-order valence-corrected chi connectivity index (χ4v) is 4.00. The predicted molar refractivity (Wildman–Crippen MR) is 116 cm³/mol. The Morgan fingerprint density at radius 1 is 1.07 bits per heavy atom. The maximum Gasteiger partial charge on any atom is 0.258 e. The van der Waals surface area contributed by atoms with Crippen molar-refractivity contribution in [1.29, 1.82) is 5.26 Å². The van der Waals surface area contributed by atoms with Crippen LogP contribution in [0.1, 0.15) is 28.3 Å². The molecule has 0 fully saturated rings. The molecular weight excluding hydrogens is 374 g/mol. The number of pyridine rings is 1. The molecule has 1 aliphatic heterocycles. The van der Waals surface area contributed by atoms with Crippen LogP contribution in [0.4, 0.5) is 0 Å². The Balaban J connectivity index is 1.76. The smallest absolute Gasteiger partial charge is 0.258 e. The highest BCUT2D eigenvalue weighted by Gasteiger charge is 2.33. The van der Waals surface area contributed by atoms with Crippen molar-refractivity contribution in [2.75, 3.05) is 0 Å². The molecule has 3 aromatic rings. The molecule has 4 rings (SSSR count). The van der Waals surface area contributed by atoms with Crippen molar-refractivity contribution >= 4 is 0 Å². The van der Waals surface area contributed by atoms with E-state index in [2.05, 4.69) is 18.2 Å². The molecule has 0 saturated heterocycles. The molecule has 1 aliphatic rings. The van der Waals surface area contributed by atoms with E-state index in [4.69, 9.17) is 10.5 Å². The van der Waals surface area contributed by atoms with Gasteiger partial charge >= 0.3 is 0 Å². The van der Waals surface area contributed by atoms with Crippen LogP contribution in [0, 0.1) is 18.3 Å². The molecule has 1 aromatic heterocycles. The summed E-state index contributed by atoms with van der Waals surface area (Å²) in [6, 6.07) is 23.9. The topological polar surface area (TPSA) is 81.0 Å². The van der Waals surface area contributed by atoms with Crippen LogP contribution in [0.25, 0.3) is 0 Å². The molecule has 1 atom stereocenters. The minimum Gasteiger partial charge on any atom is -0.440 e. The van der Waals surface area contributed by atoms with Crippen molar-refractivity contribution in [1.82, 2.24) is 4.57 Å². The van der Waals surface area contributed by atoms with Gasteiger partial charge in [-0.25, -0.2) is 0 Å². The summed E-state index contributed by atoms with van der Waals surface area (Å²) in [5.41, 5.74) is 9.74. The summed E-state index contributed by atoms with van der Waals surface area (Å²) in [5.74, 6) is 0.0925. The molecule has 150 valence electrons. The average Bonchev–Trinajstić information content (AvgIpc) is 2.75. The van der Waals surface area contributed by atoms with Crippen LogP contribution >= 0.6 is 0 Å². The monoisotopic (exact) mass is 397 g/mol. The number of nitrogens with zero attached hydrogens (tertiary/aromatic N) is 2. The summed E-state index contributed by atoms with van der Waals surface area (Å²) in [7, 11) is 0. The molecule has 5 heteroatoms. The lowest BCUT2D eigenvalue weighted by Crippen LogP contribution is -2.33. The first kappa shape index (κ1) is 19.5. The standard InChI is InChI=1S/C25H23N3O2/c1-17-14-22-23(25(29)28(17)13-12-18-8-4-2-5-9-18)20(21(16-26)24(27)30-22)15-19-10-6-3-7-11-19/h2-11,14,20H,12-13,15,27H2,1H3. The number of allylic oxidation sites excluding steroid dienone is 1. The lowest BCUT2D eigenvalue weighted by molar-refractivity contribution is 0.382. The lowest BCUT2D eigenvalue weighted by Gasteiger charge is -2.27. The van der Waals surface area contributed by atoms with Crippen LogP contribution in [0.15, 0.2) is 83.0 Å². The van der Waals surface area contributed by atoms with Crippen LogP contribution in [-0.4, -0.2) is 4.57 Å². The van der Waals surface area contributed by atoms with Gasteiger partial charge in [-0.3, -0.25) is 4.79 Å². The van der Waals surface area contributed by atoms with E-state index >= 15 is 0 Å². The van der Waals surface area contributed by atoms with E-state index in [0.29, 0.717) is 29.9 Å². The third kappa shape index (κ3) is 3.72. The minimum atomic E-state index is -0.433. The zero-order valence-corrected chi connectivity index (χ0v) is 16.8. The quantitative estimate of drug-likeness (QED) is 0.710. The molecule has 30 heavy (non-hydrogen) atoms. The van der Waals surface area contributed by atoms with Crippen molar-refractivity contribution < 1.29 is 4.74 Å². The Morgan fingerprint density at radius 2 is 1.70 bits per heavy atom. The Hall–Kier alpha value is -3.78. The highest BCUT2D eigenvalue weighted by molar-refractivity contribution is 5.50. The van der Waals surface area contributed by atoms with Crippen molar-refractivity contribution in [2.24, 2.45) is 5.73 Å². The molecule has 0 saturated carbocycles. The highest BCUT2D eigenvalue weighted by atomic mass is 16.5. The van der Waals surface area contributed by atoms with E-state index in [1.54, 1.807) is 4.57 Å². The van der Waals surface area contributed by atoms with Crippen LogP contribution in [0.3, 0.4) is 0 Å². The summed E-state index contributed by atoms with van der Waals surface area (Å²) < 4.78 is 7.47. The summed E-state index contributed by atoms with van der Waals surface area (Å²) >= 11 is 0. The van der Waals surface area contributed by atoms with Gasteiger partial charge in [-0.2, -0.15) is 5.26 Å². The van der Waals surface area contributed by atoms with E-state index < -0.39 is 5.92 Å². The van der Waals surface area contributed by atoms with Gasteiger partial charge in [0.2, 0.25) is 5.88 Å². The molecule has 2 N–H and O–H groups in total. The van der Waals surface area contributed by atoms with Gasteiger partial charge in [-0.1, -0.05) is 60.7 Å². The summed E-state index contributed by atoms with van der Waals surface area (Å²) in [5, 5.41) is 9.73. The Kier molecular flexibility index (Phi) is 5.40. The summed E-state index contributed by atoms with van der Waals surface area (Å²) in [4.78, 5) is 13.5. The Bertz CT molecular complexity index is 1190. The normalized spacial score (nSPS) is 15.3. The fourth-order valence-electron chi connectivity index (χ4n) is 4.00. The fraction of sp³-hybridized carbons (Fsp3) is 0.200. The maximum absolute atomic E-state index is 13.5. The van der Waals surface area contributed by atoms with Gasteiger partial charge < -0.3 is 15.0 Å². The lowest BCUT2D eigenvalue weighted by atomic mass is 9.85. The predicted octanol–water partition coefficient (Wildman–Crippen LogP) is 3.81. The zero-order chi connectivity index (χ0) is 21.1. The van der Waals surface area contributed by atoms with Crippen molar-refractivity contribution in [3.05, 3.63) is 111 Å². The molecule has 0 spiro atoms. The number of rotatable bonds is 5. The maximum atomic E-state index is 13.5. The van der Waals surface area contributed by atoms with Gasteiger partial charge in [-0.15, -0.1) is 0 Å². The second-order valence-electron chi connectivity index (χ2n) is 7.49. The highest BCUT2D eigenvalue weighted by Crippen LogP contribution is 2.38. The van der Waals surface area contributed by atoms with E-state index in [9.17, 15) is 10.1 Å². The van der Waals surface area contributed by atoms with E-state index in [1.807, 2.05) is 61.5 Å². The number of aryl methyl sites for hydroxylation is 2. The van der Waals surface area contributed by atoms with Gasteiger partial charge in [0.1, 0.15) is 11.8 Å². The van der Waals surface area contributed by atoms with Gasteiger partial charge in [0.15, 0.2) is 0 Å². The molecule has 0 radical (unpaired) electrons. The summed E-state index contributed by atoms with van der Waals surface area (Å²) in [6.07, 6.45) is 1.26. The number of hydrogen-bond acceptors (Lipinski definition) is 4. The molecule has 2 aromatic carbocycles. The van der Waals surface area contributed by atoms with Crippen LogP contribution in [-0.2, 0) is 19.4 Å². The first-order valence-corrected chi connectivity index (χ1v) is 9.98. The van der Waals surface area contributed by atoms with E-state index in [1.165, 1.54) is 5.56 Å². The van der Waals surface area contributed by atoms with Crippen LogP contribution in [0.2, 0.25) is 0 Å². The minimum absolute atomic E-state index is 0.0757.